The van der Waals surface area contributed by atoms with Crippen LogP contribution in [-0.4, -0.2) is 43.4 Å². The summed E-state index contributed by atoms with van der Waals surface area (Å²) in [5, 5.41) is 5.18. The molecule has 0 aromatic heterocycles. The summed E-state index contributed by atoms with van der Waals surface area (Å²) in [7, 11) is 1.22. The van der Waals surface area contributed by atoms with Crippen molar-refractivity contribution < 1.29 is 33.4 Å². The smallest absolute Gasteiger partial charge is 0.338 e. The van der Waals surface area contributed by atoms with Gasteiger partial charge in [-0.3, -0.25) is 14.4 Å². The SMILES string of the molecule is CCOC(=O)c1cccc(NC(=O)c2cccc(NC3=C(Cl)C(=O)N(c4cccc(C(=O)OC)c4)C3=O)c2)c1. The second-order valence-corrected chi connectivity index (χ2v) is 8.52. The normalized spacial score (nSPS) is 12.8. The van der Waals surface area contributed by atoms with E-state index in [2.05, 4.69) is 10.6 Å². The van der Waals surface area contributed by atoms with Crippen LogP contribution in [0.5, 0.6) is 0 Å². The van der Waals surface area contributed by atoms with Crippen molar-refractivity contribution >= 4 is 58.3 Å². The van der Waals surface area contributed by atoms with Crippen molar-refractivity contribution in [3.8, 4) is 0 Å². The highest BCUT2D eigenvalue weighted by atomic mass is 35.5. The van der Waals surface area contributed by atoms with E-state index in [9.17, 15) is 24.0 Å². The summed E-state index contributed by atoms with van der Waals surface area (Å²) in [5.41, 5.74) is 1.33. The molecule has 3 aromatic carbocycles. The highest BCUT2D eigenvalue weighted by molar-refractivity contribution is 6.53. The average molecular weight is 548 g/mol. The first kappa shape index (κ1) is 27.1. The van der Waals surface area contributed by atoms with Gasteiger partial charge in [-0.1, -0.05) is 29.8 Å². The van der Waals surface area contributed by atoms with Crippen LogP contribution in [-0.2, 0) is 19.1 Å². The van der Waals surface area contributed by atoms with Gasteiger partial charge >= 0.3 is 11.9 Å². The number of anilines is 3. The lowest BCUT2D eigenvalue weighted by molar-refractivity contribution is -0.120. The molecule has 0 fully saturated rings. The number of hydrogen-bond acceptors (Lipinski definition) is 8. The maximum absolute atomic E-state index is 13.1. The molecule has 1 aliphatic rings. The molecule has 0 atom stereocenters. The van der Waals surface area contributed by atoms with E-state index < -0.39 is 29.7 Å². The highest BCUT2D eigenvalue weighted by Gasteiger charge is 2.39. The summed E-state index contributed by atoms with van der Waals surface area (Å²) in [5.74, 6) is -3.13. The molecular formula is C28H22ClN3O7. The fourth-order valence-corrected chi connectivity index (χ4v) is 3.97. The van der Waals surface area contributed by atoms with Crippen LogP contribution >= 0.6 is 11.6 Å². The van der Waals surface area contributed by atoms with Crippen LogP contribution in [0.15, 0.2) is 83.5 Å². The fourth-order valence-electron chi connectivity index (χ4n) is 3.76. The first-order valence-corrected chi connectivity index (χ1v) is 12.0. The van der Waals surface area contributed by atoms with Crippen molar-refractivity contribution in [3.63, 3.8) is 0 Å². The number of ether oxygens (including phenoxy) is 2. The summed E-state index contributed by atoms with van der Waals surface area (Å²) in [4.78, 5) is 63.5. The van der Waals surface area contributed by atoms with E-state index in [0.29, 0.717) is 11.4 Å². The molecule has 39 heavy (non-hydrogen) atoms. The van der Waals surface area contributed by atoms with E-state index >= 15 is 0 Å². The first-order valence-electron chi connectivity index (χ1n) is 11.7. The molecule has 0 spiro atoms. The van der Waals surface area contributed by atoms with Crippen LogP contribution in [0, 0.1) is 0 Å². The van der Waals surface area contributed by atoms with Crippen molar-refractivity contribution in [2.24, 2.45) is 0 Å². The number of amides is 3. The van der Waals surface area contributed by atoms with Gasteiger partial charge in [-0.25, -0.2) is 14.5 Å². The van der Waals surface area contributed by atoms with E-state index in [-0.39, 0.29) is 39.7 Å². The van der Waals surface area contributed by atoms with Gasteiger partial charge in [0, 0.05) is 16.9 Å². The van der Waals surface area contributed by atoms with Crippen LogP contribution in [0.2, 0.25) is 0 Å². The summed E-state index contributed by atoms with van der Waals surface area (Å²) in [6, 6.07) is 18.3. The van der Waals surface area contributed by atoms with Gasteiger partial charge in [0.25, 0.3) is 17.7 Å². The number of benzene rings is 3. The van der Waals surface area contributed by atoms with E-state index in [4.69, 9.17) is 21.1 Å². The Hall–Kier alpha value is -4.96. The van der Waals surface area contributed by atoms with Gasteiger partial charge in [-0.2, -0.15) is 0 Å². The lowest BCUT2D eigenvalue weighted by atomic mass is 10.1. The van der Waals surface area contributed by atoms with E-state index in [1.165, 1.54) is 43.5 Å². The van der Waals surface area contributed by atoms with Crippen LogP contribution in [0.3, 0.4) is 0 Å². The standard InChI is InChI=1S/C28H22ClN3O7/c1-3-39-28(37)17-8-5-11-20(14-17)31-24(33)16-7-4-10-19(13-16)30-23-22(29)25(34)32(26(23)35)21-12-6-9-18(15-21)27(36)38-2/h4-15,30H,3H2,1-2H3,(H,31,33). The molecule has 1 heterocycles. The van der Waals surface area contributed by atoms with Gasteiger partial charge in [0.2, 0.25) is 0 Å². The number of nitrogens with zero attached hydrogens (tertiary/aromatic N) is 1. The second-order valence-electron chi connectivity index (χ2n) is 8.14. The molecule has 3 aromatic rings. The molecule has 2 N–H and O–H groups in total. The number of hydrogen-bond donors (Lipinski definition) is 2. The Morgan fingerprint density at radius 3 is 2.13 bits per heavy atom. The third-order valence-electron chi connectivity index (χ3n) is 5.58. The molecule has 0 radical (unpaired) electrons. The van der Waals surface area contributed by atoms with Gasteiger partial charge in [0.15, 0.2) is 0 Å². The van der Waals surface area contributed by atoms with Gasteiger partial charge < -0.3 is 20.1 Å². The fraction of sp³-hybridized carbons (Fsp3) is 0.107. The van der Waals surface area contributed by atoms with Crippen LogP contribution < -0.4 is 15.5 Å². The van der Waals surface area contributed by atoms with Crippen molar-refractivity contribution in [1.29, 1.82) is 0 Å². The molecule has 4 rings (SSSR count). The zero-order chi connectivity index (χ0) is 28.1. The molecule has 198 valence electrons. The third kappa shape index (κ3) is 5.81. The zero-order valence-electron chi connectivity index (χ0n) is 20.8. The predicted molar refractivity (Wildman–Crippen MR) is 144 cm³/mol. The highest BCUT2D eigenvalue weighted by Crippen LogP contribution is 2.31. The number of esters is 2. The van der Waals surface area contributed by atoms with Crippen molar-refractivity contribution in [3.05, 3.63) is 100 Å². The summed E-state index contributed by atoms with van der Waals surface area (Å²) in [6.45, 7) is 1.92. The summed E-state index contributed by atoms with van der Waals surface area (Å²) < 4.78 is 9.68. The number of imide groups is 1. The van der Waals surface area contributed by atoms with Crippen molar-refractivity contribution in [2.45, 2.75) is 6.92 Å². The van der Waals surface area contributed by atoms with Crippen molar-refractivity contribution in [2.75, 3.05) is 29.3 Å². The topological polar surface area (TPSA) is 131 Å². The first-order chi connectivity index (χ1) is 18.7. The van der Waals surface area contributed by atoms with E-state index in [0.717, 1.165) is 4.90 Å². The molecule has 0 saturated heterocycles. The Morgan fingerprint density at radius 2 is 1.44 bits per heavy atom. The molecule has 1 aliphatic heterocycles. The molecule has 0 bridgehead atoms. The Labute approximate surface area is 228 Å². The summed E-state index contributed by atoms with van der Waals surface area (Å²) >= 11 is 6.22. The van der Waals surface area contributed by atoms with Crippen LogP contribution in [0.1, 0.15) is 38.0 Å². The number of carbonyl (C=O) groups excluding carboxylic acids is 5. The number of carbonyl (C=O) groups is 5. The number of halogens is 1. The predicted octanol–water partition coefficient (Wildman–Crippen LogP) is 4.34. The molecular weight excluding hydrogens is 526 g/mol. The Bertz CT molecular complexity index is 1530. The Morgan fingerprint density at radius 1 is 0.821 bits per heavy atom. The van der Waals surface area contributed by atoms with Crippen LogP contribution in [0.4, 0.5) is 17.1 Å². The van der Waals surface area contributed by atoms with Crippen LogP contribution in [0.25, 0.3) is 0 Å². The van der Waals surface area contributed by atoms with E-state index in [1.54, 1.807) is 43.3 Å². The minimum atomic E-state index is -0.776. The summed E-state index contributed by atoms with van der Waals surface area (Å²) in [6.07, 6.45) is 0. The molecule has 0 saturated carbocycles. The number of nitrogens with one attached hydrogen (secondary N) is 2. The largest absolute Gasteiger partial charge is 0.465 e. The van der Waals surface area contributed by atoms with Gasteiger partial charge in [-0.15, -0.1) is 0 Å². The van der Waals surface area contributed by atoms with Gasteiger partial charge in [-0.05, 0) is 61.5 Å². The Balaban J connectivity index is 1.51. The monoisotopic (exact) mass is 547 g/mol. The third-order valence-corrected chi connectivity index (χ3v) is 5.93. The minimum Gasteiger partial charge on any atom is -0.465 e. The molecule has 0 aliphatic carbocycles. The number of rotatable bonds is 8. The molecule has 0 unspecified atom stereocenters. The lowest BCUT2D eigenvalue weighted by Gasteiger charge is -2.16. The molecule has 10 nitrogen and oxygen atoms in total. The minimum absolute atomic E-state index is 0.140. The maximum atomic E-state index is 13.1. The maximum Gasteiger partial charge on any atom is 0.338 e. The average Bonchev–Trinajstić information content (AvgIpc) is 3.15. The quantitative estimate of drug-likeness (QED) is 0.314. The van der Waals surface area contributed by atoms with Crippen molar-refractivity contribution in [1.82, 2.24) is 0 Å². The second kappa shape index (κ2) is 11.6. The van der Waals surface area contributed by atoms with Gasteiger partial charge in [0.05, 0.1) is 30.5 Å². The zero-order valence-corrected chi connectivity index (χ0v) is 21.6. The number of methoxy groups -OCH3 is 1. The Kier molecular flexibility index (Phi) is 8.07. The van der Waals surface area contributed by atoms with Gasteiger partial charge in [0.1, 0.15) is 10.7 Å². The molecule has 11 heteroatoms. The van der Waals surface area contributed by atoms with E-state index in [1.807, 2.05) is 0 Å². The molecule has 3 amide bonds. The lowest BCUT2D eigenvalue weighted by Crippen LogP contribution is -2.32.